The van der Waals surface area contributed by atoms with Gasteiger partial charge in [-0.3, -0.25) is 9.59 Å². The molecule has 2 rings (SSSR count). The number of thiophene rings is 1. The van der Waals surface area contributed by atoms with Crippen molar-refractivity contribution in [1.82, 2.24) is 9.88 Å². The Hall–Kier alpha value is -2.14. The molecule has 0 saturated carbocycles. The minimum absolute atomic E-state index is 0.154. The zero-order chi connectivity index (χ0) is 13.7. The first-order valence-electron chi connectivity index (χ1n) is 5.82. The second-order valence-electron chi connectivity index (χ2n) is 3.97. The number of pyridine rings is 1. The molecule has 0 spiro atoms. The number of rotatable bonds is 5. The standard InChI is InChI=1S/C14H14N2O2S/c1-2-8-16(10-11-5-4-9-19-11)14(18)12-6-3-7-15-13(12)17/h2-7,9H,1,8,10H2,(H,15,17). The summed E-state index contributed by atoms with van der Waals surface area (Å²) >= 11 is 1.58. The summed E-state index contributed by atoms with van der Waals surface area (Å²) in [4.78, 5) is 29.2. The lowest BCUT2D eigenvalue weighted by Crippen LogP contribution is -2.34. The molecule has 0 radical (unpaired) electrons. The highest BCUT2D eigenvalue weighted by molar-refractivity contribution is 7.09. The van der Waals surface area contributed by atoms with E-state index in [0.717, 1.165) is 4.88 Å². The first-order chi connectivity index (χ1) is 9.22. The summed E-state index contributed by atoms with van der Waals surface area (Å²) in [6, 6.07) is 7.08. The molecule has 0 aliphatic rings. The Bertz CT molecular complexity index is 616. The van der Waals surface area contributed by atoms with Crippen LogP contribution in [0.5, 0.6) is 0 Å². The molecule has 0 atom stereocenters. The molecule has 0 aliphatic carbocycles. The molecule has 4 nitrogen and oxygen atoms in total. The summed E-state index contributed by atoms with van der Waals surface area (Å²) in [5.41, 5.74) is -0.214. The van der Waals surface area contributed by atoms with Crippen LogP contribution in [-0.2, 0) is 6.54 Å². The van der Waals surface area contributed by atoms with Crippen molar-refractivity contribution in [3.63, 3.8) is 0 Å². The number of hydrogen-bond donors (Lipinski definition) is 1. The van der Waals surface area contributed by atoms with Crippen LogP contribution in [0.4, 0.5) is 0 Å². The van der Waals surface area contributed by atoms with E-state index in [9.17, 15) is 9.59 Å². The maximum absolute atomic E-state index is 12.3. The van der Waals surface area contributed by atoms with E-state index in [4.69, 9.17) is 0 Å². The summed E-state index contributed by atoms with van der Waals surface area (Å²) in [6.45, 7) is 4.54. The van der Waals surface area contributed by atoms with Crippen molar-refractivity contribution in [2.75, 3.05) is 6.54 Å². The van der Waals surface area contributed by atoms with Gasteiger partial charge < -0.3 is 9.88 Å². The smallest absolute Gasteiger partial charge is 0.260 e. The second-order valence-corrected chi connectivity index (χ2v) is 5.00. The van der Waals surface area contributed by atoms with Crippen LogP contribution in [0.25, 0.3) is 0 Å². The van der Waals surface area contributed by atoms with Gasteiger partial charge in [-0.05, 0) is 23.6 Å². The van der Waals surface area contributed by atoms with Crippen molar-refractivity contribution in [2.45, 2.75) is 6.54 Å². The maximum Gasteiger partial charge on any atom is 0.260 e. The largest absolute Gasteiger partial charge is 0.330 e. The van der Waals surface area contributed by atoms with Crippen LogP contribution in [0.3, 0.4) is 0 Å². The van der Waals surface area contributed by atoms with E-state index < -0.39 is 0 Å². The van der Waals surface area contributed by atoms with Gasteiger partial charge in [0.2, 0.25) is 0 Å². The zero-order valence-corrected chi connectivity index (χ0v) is 11.2. The molecule has 1 N–H and O–H groups in total. The van der Waals surface area contributed by atoms with Crippen molar-refractivity contribution >= 4 is 17.2 Å². The number of amides is 1. The molecule has 0 bridgehead atoms. The molecule has 2 aromatic heterocycles. The number of nitrogens with one attached hydrogen (secondary N) is 1. The molecule has 1 amide bonds. The Morgan fingerprint density at radius 3 is 2.89 bits per heavy atom. The molecule has 0 aliphatic heterocycles. The first kappa shape index (κ1) is 13.3. The summed E-state index contributed by atoms with van der Waals surface area (Å²) < 4.78 is 0. The molecule has 0 aromatic carbocycles. The predicted octanol–water partition coefficient (Wildman–Crippen LogP) is 2.26. The van der Waals surface area contributed by atoms with Gasteiger partial charge in [-0.2, -0.15) is 0 Å². The predicted molar refractivity (Wildman–Crippen MR) is 76.3 cm³/mol. The number of hydrogen-bond acceptors (Lipinski definition) is 3. The fourth-order valence-electron chi connectivity index (χ4n) is 1.73. The summed E-state index contributed by atoms with van der Waals surface area (Å²) in [5, 5.41) is 1.96. The van der Waals surface area contributed by atoms with Gasteiger partial charge >= 0.3 is 0 Å². The lowest BCUT2D eigenvalue weighted by Gasteiger charge is -2.20. The second kappa shape index (κ2) is 6.15. The highest BCUT2D eigenvalue weighted by atomic mass is 32.1. The lowest BCUT2D eigenvalue weighted by molar-refractivity contribution is 0.0762. The molecule has 2 heterocycles. The molecule has 0 unspecified atom stereocenters. The van der Waals surface area contributed by atoms with Crippen molar-refractivity contribution < 1.29 is 4.79 Å². The quantitative estimate of drug-likeness (QED) is 0.850. The molecular formula is C14H14N2O2S. The van der Waals surface area contributed by atoms with Gasteiger partial charge in [-0.15, -0.1) is 17.9 Å². The number of nitrogens with zero attached hydrogens (tertiary/aromatic N) is 1. The third-order valence-corrected chi connectivity index (χ3v) is 3.47. The van der Waals surface area contributed by atoms with Gasteiger partial charge in [-0.25, -0.2) is 0 Å². The monoisotopic (exact) mass is 274 g/mol. The van der Waals surface area contributed by atoms with Crippen LogP contribution in [0.15, 0.2) is 53.3 Å². The molecule has 98 valence electrons. The fourth-order valence-corrected chi connectivity index (χ4v) is 2.45. The minimum atomic E-state index is -0.368. The topological polar surface area (TPSA) is 53.2 Å². The Morgan fingerprint density at radius 1 is 1.42 bits per heavy atom. The van der Waals surface area contributed by atoms with Gasteiger partial charge in [0.05, 0.1) is 6.54 Å². The van der Waals surface area contributed by atoms with Gasteiger partial charge in [0.15, 0.2) is 0 Å². The highest BCUT2D eigenvalue weighted by Crippen LogP contribution is 2.13. The van der Waals surface area contributed by atoms with E-state index in [1.54, 1.807) is 28.4 Å². The van der Waals surface area contributed by atoms with Crippen molar-refractivity contribution in [1.29, 1.82) is 0 Å². The third kappa shape index (κ3) is 3.20. The number of aromatic nitrogens is 1. The van der Waals surface area contributed by atoms with Crippen molar-refractivity contribution in [2.24, 2.45) is 0 Å². The van der Waals surface area contributed by atoms with Gasteiger partial charge in [-0.1, -0.05) is 12.1 Å². The fraction of sp³-hybridized carbons (Fsp3) is 0.143. The number of H-pyrrole nitrogens is 1. The normalized spacial score (nSPS) is 10.1. The van der Waals surface area contributed by atoms with Gasteiger partial charge in [0, 0.05) is 17.6 Å². The van der Waals surface area contributed by atoms with E-state index in [0.29, 0.717) is 13.1 Å². The molecule has 2 aromatic rings. The lowest BCUT2D eigenvalue weighted by atomic mass is 10.2. The third-order valence-electron chi connectivity index (χ3n) is 2.61. The number of carbonyl (C=O) groups excluding carboxylic acids is 1. The Morgan fingerprint density at radius 2 is 2.26 bits per heavy atom. The summed E-state index contributed by atoms with van der Waals surface area (Å²) in [6.07, 6.45) is 3.17. The Balaban J connectivity index is 2.24. The average Bonchev–Trinajstić information content (AvgIpc) is 2.91. The van der Waals surface area contributed by atoms with Crippen LogP contribution in [-0.4, -0.2) is 22.3 Å². The Kier molecular flexibility index (Phi) is 4.30. The van der Waals surface area contributed by atoms with E-state index in [-0.39, 0.29) is 17.0 Å². The zero-order valence-electron chi connectivity index (χ0n) is 10.3. The number of aromatic amines is 1. The van der Waals surface area contributed by atoms with E-state index in [1.165, 1.54) is 12.3 Å². The molecule has 5 heteroatoms. The van der Waals surface area contributed by atoms with Crippen molar-refractivity contribution in [3.8, 4) is 0 Å². The van der Waals surface area contributed by atoms with E-state index in [1.807, 2.05) is 17.5 Å². The highest BCUT2D eigenvalue weighted by Gasteiger charge is 2.17. The Labute approximate surface area is 115 Å². The molecule has 0 fully saturated rings. The van der Waals surface area contributed by atoms with Crippen LogP contribution < -0.4 is 5.56 Å². The number of carbonyl (C=O) groups is 1. The molecule has 0 saturated heterocycles. The van der Waals surface area contributed by atoms with Crippen LogP contribution in [0, 0.1) is 0 Å². The molecular weight excluding hydrogens is 260 g/mol. The first-order valence-corrected chi connectivity index (χ1v) is 6.70. The average molecular weight is 274 g/mol. The minimum Gasteiger partial charge on any atom is -0.330 e. The van der Waals surface area contributed by atoms with Crippen molar-refractivity contribution in [3.05, 3.63) is 69.3 Å². The SMILES string of the molecule is C=CCN(Cc1cccs1)C(=O)c1ccc[nH]c1=O. The van der Waals surface area contributed by atoms with Gasteiger partial charge in [0.1, 0.15) is 5.56 Å². The van der Waals surface area contributed by atoms with Crippen LogP contribution in [0.1, 0.15) is 15.2 Å². The van der Waals surface area contributed by atoms with E-state index in [2.05, 4.69) is 11.6 Å². The summed E-state index contributed by atoms with van der Waals surface area (Å²) in [7, 11) is 0. The maximum atomic E-state index is 12.3. The molecule has 19 heavy (non-hydrogen) atoms. The van der Waals surface area contributed by atoms with Crippen LogP contribution >= 0.6 is 11.3 Å². The van der Waals surface area contributed by atoms with Crippen LogP contribution in [0.2, 0.25) is 0 Å². The van der Waals surface area contributed by atoms with Gasteiger partial charge in [0.25, 0.3) is 11.5 Å². The van der Waals surface area contributed by atoms with E-state index >= 15 is 0 Å². The summed E-state index contributed by atoms with van der Waals surface area (Å²) in [5.74, 6) is -0.282.